The van der Waals surface area contributed by atoms with Crippen molar-refractivity contribution in [3.63, 3.8) is 0 Å². The quantitative estimate of drug-likeness (QED) is 0.921. The summed E-state index contributed by atoms with van der Waals surface area (Å²) in [7, 11) is 4.17. The van der Waals surface area contributed by atoms with Crippen molar-refractivity contribution in [3.05, 3.63) is 57.9 Å². The predicted molar refractivity (Wildman–Crippen MR) is 81.0 cm³/mol. The first-order chi connectivity index (χ1) is 9.60. The number of aliphatic hydroxyl groups excluding tert-OH is 1. The summed E-state index contributed by atoms with van der Waals surface area (Å²) < 4.78 is 2.12. The van der Waals surface area contributed by atoms with Gasteiger partial charge in [-0.15, -0.1) is 0 Å². The molecule has 0 amide bonds. The molecule has 1 aliphatic heterocycles. The number of rotatable bonds is 2. The molecule has 1 atom stereocenters. The van der Waals surface area contributed by atoms with Crippen LogP contribution >= 0.6 is 11.6 Å². The first-order valence-corrected chi connectivity index (χ1v) is 7.20. The molecule has 3 nitrogen and oxygen atoms in total. The van der Waals surface area contributed by atoms with Crippen LogP contribution in [0.4, 0.5) is 0 Å². The van der Waals surface area contributed by atoms with Crippen molar-refractivity contribution in [2.45, 2.75) is 19.1 Å². The molecule has 3 rings (SSSR count). The van der Waals surface area contributed by atoms with Gasteiger partial charge in [-0.2, -0.15) is 0 Å². The molecular weight excluding hydrogens is 272 g/mol. The molecule has 20 heavy (non-hydrogen) atoms. The average molecular weight is 291 g/mol. The summed E-state index contributed by atoms with van der Waals surface area (Å²) in [5.41, 5.74) is 4.88. The largest absolute Gasteiger partial charge is 0.390 e. The Hall–Kier alpha value is -1.29. The van der Waals surface area contributed by atoms with Crippen molar-refractivity contribution in [1.82, 2.24) is 9.47 Å². The van der Waals surface area contributed by atoms with Gasteiger partial charge in [0, 0.05) is 42.5 Å². The number of halogens is 1. The number of benzene rings is 1. The minimum Gasteiger partial charge on any atom is -0.390 e. The van der Waals surface area contributed by atoms with E-state index in [0.29, 0.717) is 5.92 Å². The van der Waals surface area contributed by atoms with E-state index < -0.39 is 0 Å². The molecular formula is C16H19ClN2O. The molecule has 1 aromatic heterocycles. The summed E-state index contributed by atoms with van der Waals surface area (Å²) in [6, 6.07) is 10.2. The highest BCUT2D eigenvalue weighted by Crippen LogP contribution is 2.35. The lowest BCUT2D eigenvalue weighted by molar-refractivity contribution is 0.267. The average Bonchev–Trinajstić information content (AvgIpc) is 2.76. The second-order valence-corrected chi connectivity index (χ2v) is 5.99. The second-order valence-electron chi connectivity index (χ2n) is 5.56. The van der Waals surface area contributed by atoms with Crippen LogP contribution in [0.3, 0.4) is 0 Å². The Balaban J connectivity index is 2.08. The maximum atomic E-state index is 9.47. The van der Waals surface area contributed by atoms with Crippen molar-refractivity contribution >= 4 is 11.6 Å². The van der Waals surface area contributed by atoms with E-state index in [0.717, 1.165) is 23.8 Å². The molecule has 0 bridgehead atoms. The van der Waals surface area contributed by atoms with E-state index in [1.165, 1.54) is 16.8 Å². The molecule has 106 valence electrons. The standard InChI is InChI=1S/C16H19ClN2O/c1-18-8-15(11-3-5-12(17)6-4-11)14-7-13(10-20)19(2)16(14)9-18/h3-7,15,20H,8-10H2,1-2H3. The van der Waals surface area contributed by atoms with Gasteiger partial charge in [0.2, 0.25) is 0 Å². The van der Waals surface area contributed by atoms with Gasteiger partial charge in [0.25, 0.3) is 0 Å². The lowest BCUT2D eigenvalue weighted by Gasteiger charge is -2.31. The molecule has 1 unspecified atom stereocenters. The third kappa shape index (κ3) is 2.26. The minimum atomic E-state index is 0.0839. The number of hydrogen-bond acceptors (Lipinski definition) is 2. The number of nitrogens with zero attached hydrogens (tertiary/aromatic N) is 2. The predicted octanol–water partition coefficient (Wildman–Crippen LogP) is 2.75. The van der Waals surface area contributed by atoms with Gasteiger partial charge < -0.3 is 9.67 Å². The maximum Gasteiger partial charge on any atom is 0.0832 e. The van der Waals surface area contributed by atoms with Crippen molar-refractivity contribution < 1.29 is 5.11 Å². The van der Waals surface area contributed by atoms with Crippen molar-refractivity contribution in [2.75, 3.05) is 13.6 Å². The first-order valence-electron chi connectivity index (χ1n) is 6.82. The number of hydrogen-bond donors (Lipinski definition) is 1. The van der Waals surface area contributed by atoms with Crippen LogP contribution in [0.1, 0.15) is 28.4 Å². The molecule has 0 saturated heterocycles. The SMILES string of the molecule is CN1Cc2c(cc(CO)n2C)C(c2ccc(Cl)cc2)C1. The normalized spacial score (nSPS) is 19.1. The number of aliphatic hydroxyl groups is 1. The molecule has 0 fully saturated rings. The van der Waals surface area contributed by atoms with Crippen LogP contribution in [0.5, 0.6) is 0 Å². The van der Waals surface area contributed by atoms with Crippen LogP contribution in [0.25, 0.3) is 0 Å². The van der Waals surface area contributed by atoms with Crippen LogP contribution in [0.15, 0.2) is 30.3 Å². The summed E-state index contributed by atoms with van der Waals surface area (Å²) in [4.78, 5) is 2.32. The Morgan fingerprint density at radius 2 is 1.95 bits per heavy atom. The summed E-state index contributed by atoms with van der Waals surface area (Å²) >= 11 is 5.98. The number of aromatic nitrogens is 1. The van der Waals surface area contributed by atoms with E-state index in [4.69, 9.17) is 11.6 Å². The van der Waals surface area contributed by atoms with Crippen LogP contribution in [-0.2, 0) is 20.2 Å². The summed E-state index contributed by atoms with van der Waals surface area (Å²) in [6.45, 7) is 2.00. The maximum absolute atomic E-state index is 9.47. The molecule has 0 radical (unpaired) electrons. The van der Waals surface area contributed by atoms with E-state index in [1.54, 1.807) is 0 Å². The highest BCUT2D eigenvalue weighted by molar-refractivity contribution is 6.30. The Kier molecular flexibility index (Phi) is 3.59. The number of likely N-dealkylation sites (N-methyl/N-ethyl adjacent to an activating group) is 1. The van der Waals surface area contributed by atoms with E-state index >= 15 is 0 Å². The molecule has 0 aliphatic carbocycles. The molecule has 4 heteroatoms. The van der Waals surface area contributed by atoms with Crippen molar-refractivity contribution in [3.8, 4) is 0 Å². The molecule has 1 N–H and O–H groups in total. The van der Waals surface area contributed by atoms with E-state index in [9.17, 15) is 5.11 Å². The molecule has 2 heterocycles. The third-order valence-electron chi connectivity index (χ3n) is 4.21. The van der Waals surface area contributed by atoms with Crippen LogP contribution < -0.4 is 0 Å². The fraction of sp³-hybridized carbons (Fsp3) is 0.375. The third-order valence-corrected chi connectivity index (χ3v) is 4.47. The van der Waals surface area contributed by atoms with Gasteiger partial charge in [-0.3, -0.25) is 4.90 Å². The van der Waals surface area contributed by atoms with Gasteiger partial charge in [0.1, 0.15) is 0 Å². The zero-order chi connectivity index (χ0) is 14.3. The first kappa shape index (κ1) is 13.7. The van der Waals surface area contributed by atoms with Gasteiger partial charge in [0.15, 0.2) is 0 Å². The molecule has 1 aliphatic rings. The zero-order valence-corrected chi connectivity index (χ0v) is 12.6. The van der Waals surface area contributed by atoms with Gasteiger partial charge in [-0.05, 0) is 36.4 Å². The van der Waals surface area contributed by atoms with Gasteiger partial charge in [-0.1, -0.05) is 23.7 Å². The Morgan fingerprint density at radius 1 is 1.25 bits per heavy atom. The highest BCUT2D eigenvalue weighted by Gasteiger charge is 2.28. The lowest BCUT2D eigenvalue weighted by Crippen LogP contribution is -2.31. The van der Waals surface area contributed by atoms with Gasteiger partial charge in [-0.25, -0.2) is 0 Å². The lowest BCUT2D eigenvalue weighted by atomic mass is 9.88. The number of fused-ring (bicyclic) bond motifs is 1. The van der Waals surface area contributed by atoms with Crippen molar-refractivity contribution in [2.24, 2.45) is 7.05 Å². The Morgan fingerprint density at radius 3 is 2.60 bits per heavy atom. The van der Waals surface area contributed by atoms with Gasteiger partial charge in [0.05, 0.1) is 6.61 Å². The smallest absolute Gasteiger partial charge is 0.0832 e. The molecule has 2 aromatic rings. The van der Waals surface area contributed by atoms with Crippen molar-refractivity contribution in [1.29, 1.82) is 0 Å². The van der Waals surface area contributed by atoms with Crippen LogP contribution in [-0.4, -0.2) is 28.2 Å². The second kappa shape index (κ2) is 5.24. The summed E-state index contributed by atoms with van der Waals surface area (Å²) in [6.07, 6.45) is 0. The zero-order valence-electron chi connectivity index (χ0n) is 11.8. The highest BCUT2D eigenvalue weighted by atomic mass is 35.5. The monoisotopic (exact) mass is 290 g/mol. The Labute approximate surface area is 124 Å². The molecule has 0 saturated carbocycles. The minimum absolute atomic E-state index is 0.0839. The van der Waals surface area contributed by atoms with Crippen LogP contribution in [0.2, 0.25) is 5.02 Å². The fourth-order valence-corrected chi connectivity index (χ4v) is 3.21. The Bertz CT molecular complexity index is 618. The van der Waals surface area contributed by atoms with E-state index in [-0.39, 0.29) is 6.61 Å². The summed E-state index contributed by atoms with van der Waals surface area (Å²) in [5.74, 6) is 0.340. The summed E-state index contributed by atoms with van der Waals surface area (Å²) in [5, 5.41) is 10.2. The molecule has 1 aromatic carbocycles. The molecule has 0 spiro atoms. The van der Waals surface area contributed by atoms with Gasteiger partial charge >= 0.3 is 0 Å². The van der Waals surface area contributed by atoms with E-state index in [2.05, 4.69) is 34.7 Å². The fourth-order valence-electron chi connectivity index (χ4n) is 3.09. The topological polar surface area (TPSA) is 28.4 Å². The van der Waals surface area contributed by atoms with Crippen LogP contribution in [0, 0.1) is 0 Å². The van der Waals surface area contributed by atoms with E-state index in [1.807, 2.05) is 19.2 Å².